The molecule has 0 radical (unpaired) electrons. The number of carbonyl (C=O) groups is 1. The van der Waals surface area contributed by atoms with Gasteiger partial charge in [0.15, 0.2) is 0 Å². The molecule has 0 aliphatic heterocycles. The van der Waals surface area contributed by atoms with Gasteiger partial charge >= 0.3 is 0 Å². The van der Waals surface area contributed by atoms with Gasteiger partial charge < -0.3 is 15.2 Å². The maximum atomic E-state index is 11.9. The minimum absolute atomic E-state index is 0.0575. The highest BCUT2D eigenvalue weighted by molar-refractivity contribution is 5.76. The summed E-state index contributed by atoms with van der Waals surface area (Å²) in [5, 5.41) is 11.5. The van der Waals surface area contributed by atoms with E-state index in [9.17, 15) is 4.79 Å². The van der Waals surface area contributed by atoms with Gasteiger partial charge in [0.2, 0.25) is 5.91 Å². The van der Waals surface area contributed by atoms with Crippen LogP contribution in [-0.2, 0) is 9.53 Å². The van der Waals surface area contributed by atoms with E-state index in [0.29, 0.717) is 37.5 Å². The van der Waals surface area contributed by atoms with E-state index in [2.05, 4.69) is 26.1 Å². The lowest BCUT2D eigenvalue weighted by atomic mass is 9.67. The number of amides is 1. The Bertz CT molecular complexity index is 291. The molecule has 0 spiro atoms. The molecule has 0 heterocycles. The van der Waals surface area contributed by atoms with Crippen LogP contribution in [0.4, 0.5) is 0 Å². The zero-order chi connectivity index (χ0) is 15.0. The topological polar surface area (TPSA) is 58.6 Å². The Morgan fingerprint density at radius 2 is 2.10 bits per heavy atom. The second-order valence-corrected chi connectivity index (χ2v) is 7.02. The molecule has 4 heteroatoms. The van der Waals surface area contributed by atoms with E-state index in [1.54, 1.807) is 0 Å². The third-order valence-electron chi connectivity index (χ3n) is 3.98. The quantitative estimate of drug-likeness (QED) is 0.673. The van der Waals surface area contributed by atoms with Crippen molar-refractivity contribution in [2.75, 3.05) is 26.4 Å². The van der Waals surface area contributed by atoms with Crippen LogP contribution in [0.1, 0.15) is 52.9 Å². The summed E-state index contributed by atoms with van der Waals surface area (Å²) in [5.41, 5.74) is 0.376. The Labute approximate surface area is 123 Å². The summed E-state index contributed by atoms with van der Waals surface area (Å²) in [6.07, 6.45) is 5.07. The number of hydrogen-bond donors (Lipinski definition) is 2. The van der Waals surface area contributed by atoms with Crippen molar-refractivity contribution in [1.82, 2.24) is 5.32 Å². The molecule has 20 heavy (non-hydrogen) atoms. The van der Waals surface area contributed by atoms with Crippen LogP contribution in [0.5, 0.6) is 0 Å². The molecule has 1 saturated carbocycles. The summed E-state index contributed by atoms with van der Waals surface area (Å²) < 4.78 is 5.15. The van der Waals surface area contributed by atoms with Crippen LogP contribution in [0.3, 0.4) is 0 Å². The van der Waals surface area contributed by atoms with Crippen molar-refractivity contribution in [2.24, 2.45) is 17.3 Å². The maximum Gasteiger partial charge on any atom is 0.220 e. The van der Waals surface area contributed by atoms with Crippen LogP contribution in [-0.4, -0.2) is 37.4 Å². The molecule has 2 atom stereocenters. The van der Waals surface area contributed by atoms with Crippen molar-refractivity contribution in [2.45, 2.75) is 52.9 Å². The molecule has 1 fully saturated rings. The fraction of sp³-hybridized carbons (Fsp3) is 0.938. The molecule has 0 bridgehead atoms. The summed E-state index contributed by atoms with van der Waals surface area (Å²) in [7, 11) is 0. The number of aliphatic hydroxyl groups is 1. The number of ether oxygens (including phenoxy) is 1. The van der Waals surface area contributed by atoms with E-state index in [-0.39, 0.29) is 12.5 Å². The average molecular weight is 285 g/mol. The van der Waals surface area contributed by atoms with E-state index in [1.807, 2.05) is 0 Å². The van der Waals surface area contributed by atoms with Crippen LogP contribution in [0.15, 0.2) is 0 Å². The second kappa shape index (κ2) is 8.63. The van der Waals surface area contributed by atoms with Gasteiger partial charge in [0, 0.05) is 19.6 Å². The molecule has 4 nitrogen and oxygen atoms in total. The molecule has 1 aliphatic carbocycles. The smallest absolute Gasteiger partial charge is 0.220 e. The monoisotopic (exact) mass is 285 g/mol. The lowest BCUT2D eigenvalue weighted by Crippen LogP contribution is -2.32. The van der Waals surface area contributed by atoms with E-state index in [1.165, 1.54) is 12.8 Å². The molecule has 2 N–H and O–H groups in total. The molecule has 1 rings (SSSR count). The van der Waals surface area contributed by atoms with Crippen molar-refractivity contribution < 1.29 is 14.6 Å². The van der Waals surface area contributed by atoms with Gasteiger partial charge in [-0.25, -0.2) is 0 Å². The Kier molecular flexibility index (Phi) is 7.52. The first kappa shape index (κ1) is 17.4. The second-order valence-electron chi connectivity index (χ2n) is 7.02. The molecule has 0 aromatic rings. The van der Waals surface area contributed by atoms with Gasteiger partial charge in [0.05, 0.1) is 13.2 Å². The van der Waals surface area contributed by atoms with Crippen LogP contribution in [0.25, 0.3) is 0 Å². The highest BCUT2D eigenvalue weighted by Crippen LogP contribution is 2.42. The summed E-state index contributed by atoms with van der Waals surface area (Å²) in [6.45, 7) is 8.61. The first-order valence-corrected chi connectivity index (χ1v) is 7.88. The number of hydrogen-bond acceptors (Lipinski definition) is 3. The molecule has 0 aromatic carbocycles. The van der Waals surface area contributed by atoms with Crippen molar-refractivity contribution in [3.8, 4) is 0 Å². The van der Waals surface area contributed by atoms with Crippen molar-refractivity contribution in [3.63, 3.8) is 0 Å². The van der Waals surface area contributed by atoms with Crippen molar-refractivity contribution in [3.05, 3.63) is 0 Å². The van der Waals surface area contributed by atoms with E-state index in [4.69, 9.17) is 9.84 Å². The van der Waals surface area contributed by atoms with E-state index >= 15 is 0 Å². The minimum Gasteiger partial charge on any atom is -0.394 e. The van der Waals surface area contributed by atoms with Gasteiger partial charge in [0.1, 0.15) is 0 Å². The Hall–Kier alpha value is -0.610. The van der Waals surface area contributed by atoms with Crippen LogP contribution < -0.4 is 5.32 Å². The maximum absolute atomic E-state index is 11.9. The standard InChI is InChI=1S/C16H31NO3/c1-13-9-14(12-16(2,3)11-13)10-15(19)17-5-4-7-20-8-6-18/h13-14,18H,4-12H2,1-3H3,(H,17,19). The van der Waals surface area contributed by atoms with Crippen LogP contribution in [0.2, 0.25) is 0 Å². The van der Waals surface area contributed by atoms with Gasteiger partial charge in [-0.2, -0.15) is 0 Å². The summed E-state index contributed by atoms with van der Waals surface area (Å²) in [4.78, 5) is 11.9. The fourth-order valence-electron chi connectivity index (χ4n) is 3.60. The number of nitrogens with one attached hydrogen (secondary N) is 1. The van der Waals surface area contributed by atoms with Gasteiger partial charge in [-0.1, -0.05) is 20.8 Å². The highest BCUT2D eigenvalue weighted by Gasteiger charge is 2.32. The number of aliphatic hydroxyl groups excluding tert-OH is 1. The SMILES string of the molecule is CC1CC(CC(=O)NCCCOCCO)CC(C)(C)C1. The highest BCUT2D eigenvalue weighted by atomic mass is 16.5. The summed E-state index contributed by atoms with van der Waals surface area (Å²) in [6, 6.07) is 0. The van der Waals surface area contributed by atoms with Crippen molar-refractivity contribution >= 4 is 5.91 Å². The molecule has 0 saturated heterocycles. The third-order valence-corrected chi connectivity index (χ3v) is 3.98. The largest absolute Gasteiger partial charge is 0.394 e. The van der Waals surface area contributed by atoms with Crippen LogP contribution >= 0.6 is 0 Å². The predicted octanol–water partition coefficient (Wildman–Crippen LogP) is 2.35. The average Bonchev–Trinajstić information content (AvgIpc) is 2.30. The summed E-state index contributed by atoms with van der Waals surface area (Å²) >= 11 is 0. The van der Waals surface area contributed by atoms with Gasteiger partial charge in [0.25, 0.3) is 0 Å². The fourth-order valence-corrected chi connectivity index (χ4v) is 3.60. The molecule has 1 amide bonds. The third kappa shape index (κ3) is 7.25. The van der Waals surface area contributed by atoms with E-state index in [0.717, 1.165) is 18.8 Å². The Balaban J connectivity index is 2.15. The molecule has 0 aromatic heterocycles. The molecule has 118 valence electrons. The Morgan fingerprint density at radius 1 is 1.35 bits per heavy atom. The minimum atomic E-state index is 0.0575. The van der Waals surface area contributed by atoms with Crippen molar-refractivity contribution in [1.29, 1.82) is 0 Å². The number of carbonyl (C=O) groups excluding carboxylic acids is 1. The van der Waals surface area contributed by atoms with Gasteiger partial charge in [-0.05, 0) is 42.9 Å². The Morgan fingerprint density at radius 3 is 2.75 bits per heavy atom. The first-order valence-electron chi connectivity index (χ1n) is 7.88. The summed E-state index contributed by atoms with van der Waals surface area (Å²) in [5.74, 6) is 1.42. The van der Waals surface area contributed by atoms with Gasteiger partial charge in [-0.3, -0.25) is 4.79 Å². The lowest BCUT2D eigenvalue weighted by molar-refractivity contribution is -0.122. The van der Waals surface area contributed by atoms with Gasteiger partial charge in [-0.15, -0.1) is 0 Å². The van der Waals surface area contributed by atoms with E-state index < -0.39 is 0 Å². The zero-order valence-electron chi connectivity index (χ0n) is 13.3. The molecule has 1 aliphatic rings. The lowest BCUT2D eigenvalue weighted by Gasteiger charge is -2.38. The first-order chi connectivity index (χ1) is 9.43. The van der Waals surface area contributed by atoms with Crippen LogP contribution in [0, 0.1) is 17.3 Å². The molecule has 2 unspecified atom stereocenters. The molecular formula is C16H31NO3. The predicted molar refractivity (Wildman–Crippen MR) is 80.4 cm³/mol. The zero-order valence-corrected chi connectivity index (χ0v) is 13.3. The number of rotatable bonds is 8. The normalized spacial score (nSPS) is 25.4. The molecular weight excluding hydrogens is 254 g/mol.